The van der Waals surface area contributed by atoms with E-state index in [0.717, 1.165) is 4.47 Å². The van der Waals surface area contributed by atoms with Crippen molar-refractivity contribution in [2.75, 3.05) is 12.4 Å². The smallest absolute Gasteiger partial charge is 0.273 e. The maximum Gasteiger partial charge on any atom is 0.273 e. The van der Waals surface area contributed by atoms with Crippen LogP contribution in [0.4, 0.5) is 5.69 Å². The predicted molar refractivity (Wildman–Crippen MR) is 118 cm³/mol. The Morgan fingerprint density at radius 1 is 1.03 bits per heavy atom. The van der Waals surface area contributed by atoms with Gasteiger partial charge < -0.3 is 15.2 Å². The highest BCUT2D eigenvalue weighted by atomic mass is 79.9. The van der Waals surface area contributed by atoms with Gasteiger partial charge in [-0.15, -0.1) is 0 Å². The standard InChI is InChI=1S/C22H18BrN3O4/c1-30-17-9-6-14(7-10-17)21(28)25-19-5-3-2-4-18(19)22(29)26-24-13-15-12-16(23)8-11-20(15)27/h2-13,27H,1H3,(H,25,28)(H,26,29)/b24-13-. The lowest BCUT2D eigenvalue weighted by atomic mass is 10.1. The van der Waals surface area contributed by atoms with Gasteiger partial charge in [0.1, 0.15) is 11.5 Å². The van der Waals surface area contributed by atoms with E-state index in [9.17, 15) is 14.7 Å². The second kappa shape index (κ2) is 9.71. The van der Waals surface area contributed by atoms with Crippen molar-refractivity contribution in [3.63, 3.8) is 0 Å². The summed E-state index contributed by atoms with van der Waals surface area (Å²) >= 11 is 3.31. The van der Waals surface area contributed by atoms with E-state index in [4.69, 9.17) is 4.74 Å². The van der Waals surface area contributed by atoms with Crippen LogP contribution in [0.2, 0.25) is 0 Å². The van der Waals surface area contributed by atoms with Crippen molar-refractivity contribution in [2.45, 2.75) is 0 Å². The van der Waals surface area contributed by atoms with Crippen molar-refractivity contribution in [3.05, 3.63) is 87.9 Å². The van der Waals surface area contributed by atoms with E-state index in [0.29, 0.717) is 22.6 Å². The van der Waals surface area contributed by atoms with Gasteiger partial charge in [-0.05, 0) is 54.6 Å². The normalized spacial score (nSPS) is 10.6. The lowest BCUT2D eigenvalue weighted by Crippen LogP contribution is -2.21. The minimum Gasteiger partial charge on any atom is -0.507 e. The molecule has 30 heavy (non-hydrogen) atoms. The van der Waals surface area contributed by atoms with E-state index in [1.807, 2.05) is 0 Å². The molecule has 8 heteroatoms. The van der Waals surface area contributed by atoms with Crippen LogP contribution in [0.1, 0.15) is 26.3 Å². The van der Waals surface area contributed by atoms with Gasteiger partial charge in [-0.3, -0.25) is 9.59 Å². The van der Waals surface area contributed by atoms with Crippen LogP contribution in [0, 0.1) is 0 Å². The molecule has 0 radical (unpaired) electrons. The highest BCUT2D eigenvalue weighted by Gasteiger charge is 2.14. The molecule has 7 nitrogen and oxygen atoms in total. The fourth-order valence-corrected chi connectivity index (χ4v) is 2.96. The Labute approximate surface area is 181 Å². The van der Waals surface area contributed by atoms with Crippen LogP contribution in [-0.2, 0) is 0 Å². The first kappa shape index (κ1) is 21.1. The average Bonchev–Trinajstić information content (AvgIpc) is 2.76. The van der Waals surface area contributed by atoms with E-state index in [1.165, 1.54) is 12.3 Å². The van der Waals surface area contributed by atoms with Crippen molar-refractivity contribution in [3.8, 4) is 11.5 Å². The number of halogens is 1. The van der Waals surface area contributed by atoms with E-state index in [1.54, 1.807) is 67.8 Å². The Balaban J connectivity index is 1.72. The number of phenols is 1. The number of methoxy groups -OCH3 is 1. The first-order chi connectivity index (χ1) is 14.5. The molecule has 152 valence electrons. The van der Waals surface area contributed by atoms with Gasteiger partial charge in [0.05, 0.1) is 24.6 Å². The number of aromatic hydroxyl groups is 1. The second-order valence-corrected chi connectivity index (χ2v) is 7.05. The number of phenolic OH excluding ortho intramolecular Hbond substituents is 1. The number of nitrogens with zero attached hydrogens (tertiary/aromatic N) is 1. The molecule has 0 fully saturated rings. The molecular formula is C22H18BrN3O4. The van der Waals surface area contributed by atoms with Crippen molar-refractivity contribution >= 4 is 39.6 Å². The topological polar surface area (TPSA) is 100 Å². The van der Waals surface area contributed by atoms with Gasteiger partial charge in [0.25, 0.3) is 11.8 Å². The molecule has 0 bridgehead atoms. The average molecular weight is 468 g/mol. The van der Waals surface area contributed by atoms with Gasteiger partial charge in [0.15, 0.2) is 0 Å². The quantitative estimate of drug-likeness (QED) is 0.373. The molecule has 2 amide bonds. The summed E-state index contributed by atoms with van der Waals surface area (Å²) in [6.45, 7) is 0. The molecule has 0 unspecified atom stereocenters. The second-order valence-electron chi connectivity index (χ2n) is 6.13. The van der Waals surface area contributed by atoms with E-state index >= 15 is 0 Å². The third-order valence-electron chi connectivity index (χ3n) is 4.13. The van der Waals surface area contributed by atoms with E-state index in [2.05, 4.69) is 31.8 Å². The fourth-order valence-electron chi connectivity index (χ4n) is 2.58. The number of rotatable bonds is 6. The van der Waals surface area contributed by atoms with Crippen molar-refractivity contribution in [1.29, 1.82) is 0 Å². The minimum atomic E-state index is -0.508. The largest absolute Gasteiger partial charge is 0.507 e. The zero-order chi connectivity index (χ0) is 21.5. The van der Waals surface area contributed by atoms with Gasteiger partial charge in [0.2, 0.25) is 0 Å². The number of hydrazone groups is 1. The number of hydrogen-bond donors (Lipinski definition) is 3. The lowest BCUT2D eigenvalue weighted by Gasteiger charge is -2.10. The van der Waals surface area contributed by atoms with E-state index < -0.39 is 5.91 Å². The van der Waals surface area contributed by atoms with Crippen LogP contribution in [0.5, 0.6) is 11.5 Å². The maximum atomic E-state index is 12.5. The molecule has 3 rings (SSSR count). The van der Waals surface area contributed by atoms with Crippen molar-refractivity contribution in [1.82, 2.24) is 5.43 Å². The van der Waals surface area contributed by atoms with Crippen molar-refractivity contribution in [2.24, 2.45) is 5.10 Å². The number of amides is 2. The Morgan fingerprint density at radius 3 is 2.50 bits per heavy atom. The molecular weight excluding hydrogens is 450 g/mol. The molecule has 0 saturated carbocycles. The number of para-hydroxylation sites is 1. The number of anilines is 1. The molecule has 0 atom stereocenters. The molecule has 3 N–H and O–H groups in total. The first-order valence-corrected chi connectivity index (χ1v) is 9.63. The summed E-state index contributed by atoms with van der Waals surface area (Å²) in [5.74, 6) is -0.198. The van der Waals surface area contributed by atoms with E-state index in [-0.39, 0.29) is 17.2 Å². The zero-order valence-corrected chi connectivity index (χ0v) is 17.5. The highest BCUT2D eigenvalue weighted by molar-refractivity contribution is 9.10. The molecule has 0 aliphatic heterocycles. The number of ether oxygens (including phenoxy) is 1. The molecule has 0 heterocycles. The highest BCUT2D eigenvalue weighted by Crippen LogP contribution is 2.20. The summed E-state index contributed by atoms with van der Waals surface area (Å²) in [6, 6.07) is 18.1. The molecule has 0 aliphatic rings. The monoisotopic (exact) mass is 467 g/mol. The molecule has 0 spiro atoms. The molecule has 0 aromatic heterocycles. The summed E-state index contributed by atoms with van der Waals surface area (Å²) < 4.78 is 5.85. The SMILES string of the molecule is COc1ccc(C(=O)Nc2ccccc2C(=O)N/N=C\c2cc(Br)ccc2O)cc1. The molecule has 3 aromatic rings. The summed E-state index contributed by atoms with van der Waals surface area (Å²) in [5, 5.41) is 16.4. The Bertz CT molecular complexity index is 1100. The van der Waals surface area contributed by atoms with Crippen LogP contribution in [-0.4, -0.2) is 30.2 Å². The summed E-state index contributed by atoms with van der Waals surface area (Å²) in [6.07, 6.45) is 1.33. The lowest BCUT2D eigenvalue weighted by molar-refractivity contribution is 0.0956. The van der Waals surface area contributed by atoms with Crippen LogP contribution < -0.4 is 15.5 Å². The summed E-state index contributed by atoms with van der Waals surface area (Å²) in [7, 11) is 1.55. The van der Waals surface area contributed by atoms with Gasteiger partial charge >= 0.3 is 0 Å². The molecule has 0 saturated heterocycles. The number of carbonyl (C=O) groups excluding carboxylic acids is 2. The van der Waals surface area contributed by atoms with Crippen LogP contribution in [0.25, 0.3) is 0 Å². The molecule has 3 aromatic carbocycles. The minimum absolute atomic E-state index is 0.0309. The van der Waals surface area contributed by atoms with Gasteiger partial charge in [-0.2, -0.15) is 5.10 Å². The Morgan fingerprint density at radius 2 is 1.77 bits per heavy atom. The Kier molecular flexibility index (Phi) is 6.82. The van der Waals surface area contributed by atoms with Crippen LogP contribution >= 0.6 is 15.9 Å². The van der Waals surface area contributed by atoms with Crippen LogP contribution in [0.3, 0.4) is 0 Å². The third-order valence-corrected chi connectivity index (χ3v) is 4.62. The maximum absolute atomic E-state index is 12.5. The van der Waals surface area contributed by atoms with Crippen molar-refractivity contribution < 1.29 is 19.4 Å². The van der Waals surface area contributed by atoms with Crippen LogP contribution in [0.15, 0.2) is 76.3 Å². The zero-order valence-electron chi connectivity index (χ0n) is 15.9. The number of carbonyl (C=O) groups is 2. The van der Waals surface area contributed by atoms with Gasteiger partial charge in [-0.1, -0.05) is 28.1 Å². The first-order valence-electron chi connectivity index (χ1n) is 8.84. The summed E-state index contributed by atoms with van der Waals surface area (Å²) in [4.78, 5) is 25.1. The summed E-state index contributed by atoms with van der Waals surface area (Å²) in [5.41, 5.74) is 3.85. The van der Waals surface area contributed by atoms with Gasteiger partial charge in [-0.25, -0.2) is 5.43 Å². The number of nitrogens with one attached hydrogen (secondary N) is 2. The molecule has 0 aliphatic carbocycles. The van der Waals surface area contributed by atoms with Gasteiger partial charge in [0, 0.05) is 15.6 Å². The Hall–Kier alpha value is -3.65. The predicted octanol–water partition coefficient (Wildman–Crippen LogP) is 4.18. The third kappa shape index (κ3) is 5.24. The number of benzene rings is 3. The number of hydrogen-bond acceptors (Lipinski definition) is 5. The fraction of sp³-hybridized carbons (Fsp3) is 0.0455.